The summed E-state index contributed by atoms with van der Waals surface area (Å²) in [6, 6.07) is -0.681. The molecule has 0 aliphatic heterocycles. The lowest BCUT2D eigenvalue weighted by Crippen LogP contribution is -2.28. The third-order valence-corrected chi connectivity index (χ3v) is 9.52. The fraction of sp³-hybridized carbons (Fsp3) is 0.944. The second kappa shape index (κ2) is 15.7. The molecule has 0 saturated heterocycles. The van der Waals surface area contributed by atoms with Crippen molar-refractivity contribution in [3.8, 4) is 0 Å². The summed E-state index contributed by atoms with van der Waals surface area (Å²) >= 11 is 0. The first kappa shape index (κ1) is 24.1. The number of hydrogen-bond donors (Lipinski definition) is 2. The molecule has 4 heteroatoms. The Kier molecular flexibility index (Phi) is 17.3. The molecular formula is C18H41NO2P+. The van der Waals surface area contributed by atoms with Crippen LogP contribution in [0.15, 0.2) is 0 Å². The van der Waals surface area contributed by atoms with Crippen molar-refractivity contribution >= 4 is 13.2 Å². The van der Waals surface area contributed by atoms with Gasteiger partial charge in [0.25, 0.3) is 0 Å². The van der Waals surface area contributed by atoms with Crippen LogP contribution in [0.25, 0.3) is 0 Å². The van der Waals surface area contributed by atoms with E-state index in [2.05, 4.69) is 27.7 Å². The smallest absolute Gasteiger partial charge is 0.320 e. The molecule has 0 radical (unpaired) electrons. The van der Waals surface area contributed by atoms with Gasteiger partial charge < -0.3 is 10.8 Å². The van der Waals surface area contributed by atoms with E-state index < -0.39 is 19.3 Å². The Balaban J connectivity index is 0. The Morgan fingerprint density at radius 1 is 0.909 bits per heavy atom. The molecule has 134 valence electrons. The summed E-state index contributed by atoms with van der Waals surface area (Å²) < 4.78 is 0. The Morgan fingerprint density at radius 3 is 1.41 bits per heavy atom. The van der Waals surface area contributed by atoms with E-state index >= 15 is 0 Å². The van der Waals surface area contributed by atoms with Crippen molar-refractivity contribution in [3.63, 3.8) is 0 Å². The highest BCUT2D eigenvalue weighted by Crippen LogP contribution is 2.60. The summed E-state index contributed by atoms with van der Waals surface area (Å²) in [5, 5.41) is 8.06. The number of carboxylic acid groups (broad SMARTS) is 1. The van der Waals surface area contributed by atoms with Gasteiger partial charge in [-0.3, -0.25) is 4.79 Å². The van der Waals surface area contributed by atoms with Crippen molar-refractivity contribution in [2.45, 2.75) is 85.6 Å². The topological polar surface area (TPSA) is 63.3 Å². The van der Waals surface area contributed by atoms with E-state index in [1.165, 1.54) is 44.7 Å². The zero-order chi connectivity index (χ0) is 17.4. The lowest BCUT2D eigenvalue weighted by Gasteiger charge is -2.26. The van der Waals surface area contributed by atoms with Gasteiger partial charge in [0.2, 0.25) is 0 Å². The highest BCUT2D eigenvalue weighted by Gasteiger charge is 2.32. The number of nitrogens with two attached hydrogens (primary N) is 1. The molecule has 0 aromatic heterocycles. The van der Waals surface area contributed by atoms with Gasteiger partial charge >= 0.3 is 5.97 Å². The van der Waals surface area contributed by atoms with Gasteiger partial charge in [-0.05, 0) is 32.6 Å². The van der Waals surface area contributed by atoms with Gasteiger partial charge in [-0.1, -0.05) is 47.0 Å². The normalized spacial score (nSPS) is 12.5. The molecule has 0 heterocycles. The molecule has 0 aliphatic rings. The lowest BCUT2D eigenvalue weighted by molar-refractivity contribution is -0.138. The lowest BCUT2D eigenvalue weighted by atomic mass is 10.2. The van der Waals surface area contributed by atoms with Crippen molar-refractivity contribution in [3.05, 3.63) is 0 Å². The van der Waals surface area contributed by atoms with Crippen LogP contribution in [0.3, 0.4) is 0 Å². The molecular weight excluding hydrogens is 293 g/mol. The molecule has 22 heavy (non-hydrogen) atoms. The minimum Gasteiger partial charge on any atom is -0.480 e. The summed E-state index contributed by atoms with van der Waals surface area (Å²) in [6.45, 7) is 11.2. The Bertz CT molecular complexity index is 238. The third-order valence-electron chi connectivity index (χ3n) is 4.39. The minimum atomic E-state index is -0.928. The van der Waals surface area contributed by atoms with Gasteiger partial charge in [0.05, 0.1) is 24.6 Å². The summed E-state index contributed by atoms with van der Waals surface area (Å²) in [5.41, 5.74) is 5.02. The van der Waals surface area contributed by atoms with E-state index in [1.807, 2.05) is 0 Å². The maximum Gasteiger partial charge on any atom is 0.320 e. The SMILES string of the molecule is CCC(N)C(=O)O.CCCC[P+](CC)(CCCC)CCCC. The Morgan fingerprint density at radius 2 is 1.27 bits per heavy atom. The summed E-state index contributed by atoms with van der Waals surface area (Å²) in [5.74, 6) is -0.928. The third kappa shape index (κ3) is 12.4. The van der Waals surface area contributed by atoms with Crippen molar-refractivity contribution in [2.75, 3.05) is 24.6 Å². The van der Waals surface area contributed by atoms with E-state index in [4.69, 9.17) is 10.8 Å². The molecule has 0 amide bonds. The second-order valence-electron chi connectivity index (χ2n) is 6.24. The first-order valence-corrected chi connectivity index (χ1v) is 11.8. The maximum absolute atomic E-state index is 9.81. The monoisotopic (exact) mass is 334 g/mol. The predicted octanol–water partition coefficient (Wildman–Crippen LogP) is 5.23. The summed E-state index contributed by atoms with van der Waals surface area (Å²) in [7, 11) is -0.527. The largest absolute Gasteiger partial charge is 0.480 e. The maximum atomic E-state index is 9.81. The number of unbranched alkanes of at least 4 members (excludes halogenated alkanes) is 3. The zero-order valence-corrected chi connectivity index (χ0v) is 16.6. The highest BCUT2D eigenvalue weighted by molar-refractivity contribution is 7.75. The summed E-state index contributed by atoms with van der Waals surface area (Å²) in [6.07, 6.45) is 15.4. The first-order chi connectivity index (χ1) is 10.4. The number of carbonyl (C=O) groups is 1. The molecule has 0 fully saturated rings. The van der Waals surface area contributed by atoms with E-state index in [0.29, 0.717) is 6.42 Å². The van der Waals surface area contributed by atoms with Gasteiger partial charge in [0.15, 0.2) is 0 Å². The number of rotatable bonds is 12. The molecule has 3 nitrogen and oxygen atoms in total. The van der Waals surface area contributed by atoms with Gasteiger partial charge in [-0.15, -0.1) is 0 Å². The fourth-order valence-corrected chi connectivity index (χ4v) is 7.05. The molecule has 0 aliphatic carbocycles. The standard InChI is InChI=1S/C14H32P.C4H9NO2/c1-5-9-12-15(8-4,13-10-6-2)14-11-7-3;1-2-3(5)4(6)7/h5-14H2,1-4H3;3H,2,5H2,1H3,(H,6,7)/q+1;. The molecule has 3 N–H and O–H groups in total. The van der Waals surface area contributed by atoms with Crippen LogP contribution in [0.1, 0.15) is 79.6 Å². The predicted molar refractivity (Wildman–Crippen MR) is 103 cm³/mol. The summed E-state index contributed by atoms with van der Waals surface area (Å²) in [4.78, 5) is 9.81. The number of aliphatic carboxylic acids is 1. The average Bonchev–Trinajstić information content (AvgIpc) is 2.54. The van der Waals surface area contributed by atoms with E-state index in [-0.39, 0.29) is 0 Å². The molecule has 0 spiro atoms. The van der Waals surface area contributed by atoms with Crippen LogP contribution in [-0.2, 0) is 4.79 Å². The molecule has 1 unspecified atom stereocenters. The van der Waals surface area contributed by atoms with Crippen molar-refractivity contribution in [1.29, 1.82) is 0 Å². The minimum absolute atomic E-state index is 0.495. The molecule has 0 aromatic carbocycles. The zero-order valence-electron chi connectivity index (χ0n) is 15.7. The second-order valence-corrected chi connectivity index (χ2v) is 10.9. The number of hydrogen-bond acceptors (Lipinski definition) is 2. The van der Waals surface area contributed by atoms with E-state index in [0.717, 1.165) is 0 Å². The van der Waals surface area contributed by atoms with Crippen LogP contribution in [0.5, 0.6) is 0 Å². The van der Waals surface area contributed by atoms with Crippen LogP contribution in [0, 0.1) is 0 Å². The van der Waals surface area contributed by atoms with E-state index in [9.17, 15) is 4.79 Å². The molecule has 0 aromatic rings. The number of carboxylic acids is 1. The average molecular weight is 335 g/mol. The van der Waals surface area contributed by atoms with Gasteiger partial charge in [-0.2, -0.15) is 0 Å². The molecule has 1 atom stereocenters. The van der Waals surface area contributed by atoms with Crippen LogP contribution in [0.4, 0.5) is 0 Å². The fourth-order valence-electron chi connectivity index (χ4n) is 2.46. The van der Waals surface area contributed by atoms with Crippen LogP contribution in [0.2, 0.25) is 0 Å². The first-order valence-electron chi connectivity index (χ1n) is 9.26. The Hall–Kier alpha value is -0.140. The van der Waals surface area contributed by atoms with E-state index in [1.54, 1.807) is 25.4 Å². The van der Waals surface area contributed by atoms with Crippen molar-refractivity contribution in [2.24, 2.45) is 5.73 Å². The van der Waals surface area contributed by atoms with Gasteiger partial charge in [0.1, 0.15) is 6.04 Å². The Labute approximate surface area is 139 Å². The quantitative estimate of drug-likeness (QED) is 0.480. The van der Waals surface area contributed by atoms with Gasteiger partial charge in [-0.25, -0.2) is 0 Å². The molecule has 0 bridgehead atoms. The highest BCUT2D eigenvalue weighted by atomic mass is 31.2. The van der Waals surface area contributed by atoms with Crippen LogP contribution >= 0.6 is 7.26 Å². The molecule has 0 rings (SSSR count). The van der Waals surface area contributed by atoms with Crippen LogP contribution in [-0.4, -0.2) is 41.8 Å². The van der Waals surface area contributed by atoms with Crippen LogP contribution < -0.4 is 5.73 Å². The van der Waals surface area contributed by atoms with Crippen molar-refractivity contribution in [1.82, 2.24) is 0 Å². The van der Waals surface area contributed by atoms with Gasteiger partial charge in [0, 0.05) is 7.26 Å². The van der Waals surface area contributed by atoms with Crippen molar-refractivity contribution < 1.29 is 9.90 Å². The molecule has 0 saturated carbocycles.